The van der Waals surface area contributed by atoms with Crippen LogP contribution in [0.25, 0.3) is 0 Å². The van der Waals surface area contributed by atoms with Gasteiger partial charge >= 0.3 is 0 Å². The number of halogens is 3. The van der Waals surface area contributed by atoms with Gasteiger partial charge in [-0.25, -0.2) is 4.39 Å². The zero-order valence-electron chi connectivity index (χ0n) is 9.82. The molecule has 2 aromatic rings. The van der Waals surface area contributed by atoms with Gasteiger partial charge in [-0.05, 0) is 23.8 Å². The van der Waals surface area contributed by atoms with E-state index in [9.17, 15) is 9.50 Å². The Morgan fingerprint density at radius 1 is 1.26 bits per heavy atom. The van der Waals surface area contributed by atoms with Crippen molar-refractivity contribution < 1.29 is 9.50 Å². The van der Waals surface area contributed by atoms with Crippen molar-refractivity contribution in [3.63, 3.8) is 0 Å². The Morgan fingerprint density at radius 3 is 2.58 bits per heavy atom. The van der Waals surface area contributed by atoms with Crippen molar-refractivity contribution in [1.29, 1.82) is 0 Å². The predicted molar refractivity (Wildman–Crippen MR) is 77.5 cm³/mol. The molecule has 0 saturated carbocycles. The Labute approximate surface area is 124 Å². The number of hydrogen-bond donors (Lipinski definition) is 2. The van der Waals surface area contributed by atoms with E-state index in [1.807, 2.05) is 0 Å². The fourth-order valence-electron chi connectivity index (χ4n) is 1.92. The average molecular weight is 320 g/mol. The molecule has 3 N–H and O–H groups in total. The van der Waals surface area contributed by atoms with E-state index in [1.165, 1.54) is 17.4 Å². The lowest BCUT2D eigenvalue weighted by molar-refractivity contribution is 0.149. The van der Waals surface area contributed by atoms with Crippen molar-refractivity contribution in [2.75, 3.05) is 6.54 Å². The quantitative estimate of drug-likeness (QED) is 0.895. The monoisotopic (exact) mass is 319 g/mol. The van der Waals surface area contributed by atoms with Crippen LogP contribution in [0, 0.1) is 5.82 Å². The highest BCUT2D eigenvalue weighted by molar-refractivity contribution is 7.16. The lowest BCUT2D eigenvalue weighted by Gasteiger charge is -2.21. The second kappa shape index (κ2) is 6.20. The van der Waals surface area contributed by atoms with Crippen LogP contribution in [-0.4, -0.2) is 11.7 Å². The molecular weight excluding hydrogens is 308 g/mol. The minimum Gasteiger partial charge on any atom is -0.387 e. The van der Waals surface area contributed by atoms with Gasteiger partial charge in [-0.3, -0.25) is 0 Å². The zero-order chi connectivity index (χ0) is 14.0. The van der Waals surface area contributed by atoms with Crippen molar-refractivity contribution in [1.82, 2.24) is 0 Å². The molecular formula is C13H12Cl2FNOS. The number of aliphatic hydroxyl groups is 1. The molecule has 1 aromatic carbocycles. The first kappa shape index (κ1) is 14.8. The second-order valence-electron chi connectivity index (χ2n) is 4.07. The third-order valence-corrected chi connectivity index (χ3v) is 4.50. The molecule has 0 spiro atoms. The van der Waals surface area contributed by atoms with E-state index in [1.54, 1.807) is 24.3 Å². The molecule has 2 atom stereocenters. The molecule has 0 amide bonds. The van der Waals surface area contributed by atoms with Crippen molar-refractivity contribution in [3.05, 3.63) is 55.9 Å². The molecule has 102 valence electrons. The van der Waals surface area contributed by atoms with Crippen molar-refractivity contribution in [3.8, 4) is 0 Å². The smallest absolute Gasteiger partial charge is 0.145 e. The Bertz CT molecular complexity index is 576. The van der Waals surface area contributed by atoms with Crippen molar-refractivity contribution in [2.24, 2.45) is 5.73 Å². The third kappa shape index (κ3) is 3.09. The molecule has 0 aliphatic heterocycles. The second-order valence-corrected chi connectivity index (χ2v) is 6.23. The maximum atomic E-state index is 14.0. The first-order valence-corrected chi connectivity index (χ1v) is 7.19. The fraction of sp³-hybridized carbons (Fsp3) is 0.231. The molecule has 2 nitrogen and oxygen atoms in total. The van der Waals surface area contributed by atoms with E-state index in [0.717, 1.165) is 0 Å². The minimum atomic E-state index is -0.907. The van der Waals surface area contributed by atoms with Crippen LogP contribution in [0.5, 0.6) is 0 Å². The van der Waals surface area contributed by atoms with E-state index in [-0.39, 0.29) is 11.6 Å². The molecule has 0 saturated heterocycles. The predicted octanol–water partition coefficient (Wildman–Crippen LogP) is 3.97. The van der Waals surface area contributed by atoms with Crippen LogP contribution in [0.3, 0.4) is 0 Å². The fourth-order valence-corrected chi connectivity index (χ4v) is 3.21. The first-order chi connectivity index (χ1) is 9.04. The van der Waals surface area contributed by atoms with Gasteiger partial charge in [-0.1, -0.05) is 35.3 Å². The normalized spacial score (nSPS) is 14.4. The Morgan fingerprint density at radius 2 is 2.00 bits per heavy atom. The highest BCUT2D eigenvalue weighted by atomic mass is 35.5. The number of thiophene rings is 1. The molecule has 2 rings (SSSR count). The Kier molecular flexibility index (Phi) is 4.81. The molecule has 0 aliphatic rings. The third-order valence-electron chi connectivity index (χ3n) is 2.90. The molecule has 6 heteroatoms. The summed E-state index contributed by atoms with van der Waals surface area (Å²) < 4.78 is 14.6. The first-order valence-electron chi connectivity index (χ1n) is 5.62. The van der Waals surface area contributed by atoms with Gasteiger partial charge in [0.25, 0.3) is 0 Å². The summed E-state index contributed by atoms with van der Waals surface area (Å²) in [5.41, 5.74) is 5.98. The lowest BCUT2D eigenvalue weighted by Crippen LogP contribution is -2.20. The molecule has 0 aliphatic carbocycles. The van der Waals surface area contributed by atoms with Crippen LogP contribution in [0.15, 0.2) is 30.3 Å². The van der Waals surface area contributed by atoms with E-state index in [0.29, 0.717) is 14.8 Å². The highest BCUT2D eigenvalue weighted by Crippen LogP contribution is 2.37. The van der Waals surface area contributed by atoms with Crippen LogP contribution < -0.4 is 5.73 Å². The van der Waals surface area contributed by atoms with Gasteiger partial charge in [0.15, 0.2) is 0 Å². The van der Waals surface area contributed by atoms with Crippen LogP contribution in [-0.2, 0) is 0 Å². The van der Waals surface area contributed by atoms with Gasteiger partial charge in [0.05, 0.1) is 15.5 Å². The van der Waals surface area contributed by atoms with Gasteiger partial charge in [0.1, 0.15) is 5.82 Å². The standard InChI is InChI=1S/C13H12Cl2FNOS/c14-9-3-1-2-7(12(9)16)8(6-17)13(18)10-4-5-11(15)19-10/h1-5,8,13,18H,6,17H2. The minimum absolute atomic E-state index is 0.0207. The van der Waals surface area contributed by atoms with Gasteiger partial charge in [-0.15, -0.1) is 11.3 Å². The van der Waals surface area contributed by atoms with E-state index in [2.05, 4.69) is 0 Å². The Hall–Kier alpha value is -0.650. The molecule has 1 aromatic heterocycles. The summed E-state index contributed by atoms with van der Waals surface area (Å²) in [6, 6.07) is 8.08. The number of hydrogen-bond acceptors (Lipinski definition) is 3. The summed E-state index contributed by atoms with van der Waals surface area (Å²) in [5, 5.41) is 10.3. The van der Waals surface area contributed by atoms with Crippen LogP contribution in [0.1, 0.15) is 22.5 Å². The van der Waals surface area contributed by atoms with E-state index in [4.69, 9.17) is 28.9 Å². The molecule has 1 heterocycles. The number of nitrogens with two attached hydrogens (primary N) is 1. The zero-order valence-corrected chi connectivity index (χ0v) is 12.1. The molecule has 0 bridgehead atoms. The number of rotatable bonds is 4. The maximum absolute atomic E-state index is 14.0. The van der Waals surface area contributed by atoms with Crippen molar-refractivity contribution in [2.45, 2.75) is 12.0 Å². The number of aliphatic hydroxyl groups excluding tert-OH is 1. The Balaban J connectivity index is 2.36. The van der Waals surface area contributed by atoms with Crippen LogP contribution in [0.2, 0.25) is 9.36 Å². The summed E-state index contributed by atoms with van der Waals surface area (Å²) >= 11 is 12.8. The topological polar surface area (TPSA) is 46.2 Å². The summed E-state index contributed by atoms with van der Waals surface area (Å²) in [7, 11) is 0. The molecule has 0 fully saturated rings. The maximum Gasteiger partial charge on any atom is 0.145 e. The summed E-state index contributed by atoms with van der Waals surface area (Å²) in [6.07, 6.45) is -0.907. The van der Waals surface area contributed by atoms with Gasteiger partial charge in [0, 0.05) is 17.3 Å². The van der Waals surface area contributed by atoms with E-state index < -0.39 is 17.8 Å². The largest absolute Gasteiger partial charge is 0.387 e. The van der Waals surface area contributed by atoms with Gasteiger partial charge in [0.2, 0.25) is 0 Å². The average Bonchev–Trinajstić information content (AvgIpc) is 2.82. The summed E-state index contributed by atoms with van der Waals surface area (Å²) in [4.78, 5) is 0.653. The molecule has 2 unspecified atom stereocenters. The van der Waals surface area contributed by atoms with E-state index >= 15 is 0 Å². The molecule has 0 radical (unpaired) electrons. The SMILES string of the molecule is NCC(c1cccc(Cl)c1F)C(O)c1ccc(Cl)s1. The lowest BCUT2D eigenvalue weighted by atomic mass is 9.92. The van der Waals surface area contributed by atoms with Crippen LogP contribution in [0.4, 0.5) is 4.39 Å². The van der Waals surface area contributed by atoms with Gasteiger partial charge < -0.3 is 10.8 Å². The van der Waals surface area contributed by atoms with Crippen molar-refractivity contribution >= 4 is 34.5 Å². The highest BCUT2D eigenvalue weighted by Gasteiger charge is 2.26. The summed E-state index contributed by atoms with van der Waals surface area (Å²) in [5.74, 6) is -1.10. The van der Waals surface area contributed by atoms with Gasteiger partial charge in [-0.2, -0.15) is 0 Å². The summed E-state index contributed by atoms with van der Waals surface area (Å²) in [6.45, 7) is 0.105. The van der Waals surface area contributed by atoms with Crippen LogP contribution >= 0.6 is 34.5 Å². The number of benzene rings is 1. The molecule has 19 heavy (non-hydrogen) atoms.